The molecule has 3 saturated heterocycles. The highest BCUT2D eigenvalue weighted by molar-refractivity contribution is 7.87. The van der Waals surface area contributed by atoms with Gasteiger partial charge in [-0.2, -0.15) is 22.8 Å². The number of aliphatic hydroxyl groups excluding tert-OH is 2. The Morgan fingerprint density at radius 1 is 0.978 bits per heavy atom. The molecule has 3 fully saturated rings. The molecule has 242 valence electrons. The summed E-state index contributed by atoms with van der Waals surface area (Å²) in [6.45, 7) is -1.38. The highest BCUT2D eigenvalue weighted by Gasteiger charge is 2.52. The first-order valence-corrected chi connectivity index (χ1v) is 16.0. The fraction of sp³-hybridized carbons (Fsp3) is 0.500. The number of H-pyrrole nitrogens is 1. The van der Waals surface area contributed by atoms with E-state index in [0.717, 1.165) is 12.7 Å². The van der Waals surface area contributed by atoms with E-state index in [1.165, 1.54) is 15.5 Å². The maximum atomic E-state index is 13.3. The molecule has 3 aliphatic rings. The standard InChI is InChI=1S/C20H25N12O11PS/c21-14-9-15(24-3-23-14)31(4-25-9)19-12(34)13-6(41-19)1-27-45(38,39)30-8-11(33)7(2-40-44(36,37)43-13)42-18(8)32-5-26-10-16(32)28-20(22)29-17(10)35/h3-8,11-13,18-19,27,30,33-34H,1-2H2,(H,36,37)(H2,21,23,24)(H3,22,28,29,35)/t6-,7-,8?,11?,12?,13?,18-,19-/m1/s1. The number of aliphatic hydroxyl groups is 2. The number of imidazole rings is 2. The molecule has 0 radical (unpaired) electrons. The summed E-state index contributed by atoms with van der Waals surface area (Å²) in [4.78, 5) is 45.2. The van der Waals surface area contributed by atoms with Crippen LogP contribution in [0.2, 0.25) is 0 Å². The quantitative estimate of drug-likeness (QED) is 0.0939. The van der Waals surface area contributed by atoms with Crippen molar-refractivity contribution in [3.05, 3.63) is 29.3 Å². The Kier molecular flexibility index (Phi) is 7.13. The molecule has 7 rings (SSSR count). The summed E-state index contributed by atoms with van der Waals surface area (Å²) in [6.07, 6.45) is -6.93. The van der Waals surface area contributed by atoms with Crippen LogP contribution < -0.4 is 26.5 Å². The van der Waals surface area contributed by atoms with Crippen LogP contribution in [0.25, 0.3) is 22.3 Å². The van der Waals surface area contributed by atoms with Gasteiger partial charge in [0.2, 0.25) is 5.95 Å². The van der Waals surface area contributed by atoms with Crippen molar-refractivity contribution in [3.63, 3.8) is 0 Å². The fourth-order valence-corrected chi connectivity index (χ4v) is 7.49. The van der Waals surface area contributed by atoms with Gasteiger partial charge in [-0.15, -0.1) is 0 Å². The highest BCUT2D eigenvalue weighted by atomic mass is 32.2. The van der Waals surface area contributed by atoms with Gasteiger partial charge in [-0.05, 0) is 0 Å². The Morgan fingerprint density at radius 2 is 1.69 bits per heavy atom. The van der Waals surface area contributed by atoms with Gasteiger partial charge in [0.25, 0.3) is 15.8 Å². The minimum absolute atomic E-state index is 0.0456. The molecule has 0 saturated carbocycles. The summed E-state index contributed by atoms with van der Waals surface area (Å²) in [6, 6.07) is -1.48. The number of fused-ring (bicyclic) bond motifs is 5. The number of anilines is 2. The number of phosphoric acid groups is 1. The molecule has 0 aliphatic carbocycles. The Labute approximate surface area is 250 Å². The third kappa shape index (κ3) is 5.24. The monoisotopic (exact) mass is 672 g/mol. The number of nitrogens with two attached hydrogens (primary N) is 2. The maximum absolute atomic E-state index is 13.3. The predicted octanol–water partition coefficient (Wildman–Crippen LogP) is -4.05. The number of nitrogens with zero attached hydrogens (tertiary/aromatic N) is 7. The number of hydrogen-bond donors (Lipinski definition) is 8. The summed E-state index contributed by atoms with van der Waals surface area (Å²) in [5, 5.41) is 22.2. The van der Waals surface area contributed by atoms with E-state index in [2.05, 4.69) is 39.3 Å². The summed E-state index contributed by atoms with van der Waals surface area (Å²) in [5.41, 5.74) is 10.9. The van der Waals surface area contributed by atoms with Crippen LogP contribution in [0.1, 0.15) is 12.5 Å². The van der Waals surface area contributed by atoms with Crippen LogP contribution in [0.5, 0.6) is 0 Å². The van der Waals surface area contributed by atoms with E-state index in [-0.39, 0.29) is 34.1 Å². The zero-order chi connectivity index (χ0) is 31.8. The lowest BCUT2D eigenvalue weighted by molar-refractivity contribution is -0.0504. The maximum Gasteiger partial charge on any atom is 0.472 e. The smallest absolute Gasteiger partial charge is 0.388 e. The van der Waals surface area contributed by atoms with Crippen molar-refractivity contribution >= 4 is 52.1 Å². The van der Waals surface area contributed by atoms with Gasteiger partial charge in [0.05, 0.1) is 25.3 Å². The van der Waals surface area contributed by atoms with Gasteiger partial charge in [0.15, 0.2) is 35.1 Å². The molecular formula is C20H25N12O11PS. The molecule has 5 unspecified atom stereocenters. The van der Waals surface area contributed by atoms with Crippen molar-refractivity contribution in [1.82, 2.24) is 48.5 Å². The van der Waals surface area contributed by atoms with Gasteiger partial charge < -0.3 is 36.0 Å². The molecule has 2 bridgehead atoms. The number of phosphoric ester groups is 1. The summed E-state index contributed by atoms with van der Waals surface area (Å²) >= 11 is 0. The zero-order valence-corrected chi connectivity index (χ0v) is 24.2. The number of rotatable bonds is 2. The summed E-state index contributed by atoms with van der Waals surface area (Å²) in [5.74, 6) is -0.220. The van der Waals surface area contributed by atoms with E-state index in [4.69, 9.17) is 30.0 Å². The topological polar surface area (TPSA) is 332 Å². The minimum atomic E-state index is -5.03. The first-order chi connectivity index (χ1) is 21.3. The van der Waals surface area contributed by atoms with E-state index in [0.29, 0.717) is 0 Å². The molecule has 23 nitrogen and oxygen atoms in total. The van der Waals surface area contributed by atoms with Crippen LogP contribution in [-0.2, 0) is 33.3 Å². The molecule has 3 aliphatic heterocycles. The van der Waals surface area contributed by atoms with Crippen LogP contribution in [0.4, 0.5) is 11.8 Å². The molecule has 10 N–H and O–H groups in total. The Morgan fingerprint density at radius 3 is 2.47 bits per heavy atom. The third-order valence-electron chi connectivity index (χ3n) is 7.49. The second-order valence-electron chi connectivity index (χ2n) is 10.3. The Hall–Kier alpha value is -3.68. The van der Waals surface area contributed by atoms with Gasteiger partial charge in [-0.25, -0.2) is 24.5 Å². The second kappa shape index (κ2) is 10.7. The number of hydrogen-bond acceptors (Lipinski definition) is 17. The third-order valence-corrected chi connectivity index (χ3v) is 9.60. The number of aromatic nitrogens is 8. The molecule has 4 aromatic rings. The normalized spacial score (nSPS) is 35.5. The molecule has 0 spiro atoms. The van der Waals surface area contributed by atoms with Crippen LogP contribution >= 0.6 is 7.82 Å². The summed E-state index contributed by atoms with van der Waals surface area (Å²) in [7, 11) is -9.55. The molecular weight excluding hydrogens is 647 g/mol. The number of aromatic amines is 1. The molecule has 0 amide bonds. The fourth-order valence-electron chi connectivity index (χ4n) is 5.44. The van der Waals surface area contributed by atoms with E-state index < -0.39 is 85.8 Å². The number of nitrogens with one attached hydrogen (secondary N) is 3. The second-order valence-corrected chi connectivity index (χ2v) is 13.2. The van der Waals surface area contributed by atoms with Gasteiger partial charge >= 0.3 is 7.82 Å². The lowest BCUT2D eigenvalue weighted by Crippen LogP contribution is -2.52. The lowest BCUT2D eigenvalue weighted by Gasteiger charge is -2.25. The van der Waals surface area contributed by atoms with Gasteiger partial charge in [-0.1, -0.05) is 0 Å². The van der Waals surface area contributed by atoms with E-state index >= 15 is 0 Å². The lowest BCUT2D eigenvalue weighted by atomic mass is 10.1. The first-order valence-electron chi connectivity index (χ1n) is 13.1. The van der Waals surface area contributed by atoms with Crippen LogP contribution in [0.15, 0.2) is 23.8 Å². The van der Waals surface area contributed by atoms with Crippen molar-refractivity contribution in [2.75, 3.05) is 24.6 Å². The van der Waals surface area contributed by atoms with Gasteiger partial charge in [0.1, 0.15) is 42.4 Å². The average Bonchev–Trinajstić information content (AvgIpc) is 3.72. The largest absolute Gasteiger partial charge is 0.472 e. The first kappa shape index (κ1) is 30.0. The molecule has 7 heterocycles. The zero-order valence-electron chi connectivity index (χ0n) is 22.5. The van der Waals surface area contributed by atoms with Crippen LogP contribution in [0, 0.1) is 0 Å². The Balaban J connectivity index is 1.21. The van der Waals surface area contributed by atoms with Gasteiger partial charge in [-0.3, -0.25) is 28.0 Å². The number of ether oxygens (including phenoxy) is 2. The predicted molar refractivity (Wildman–Crippen MR) is 147 cm³/mol. The highest BCUT2D eigenvalue weighted by Crippen LogP contribution is 2.49. The molecule has 45 heavy (non-hydrogen) atoms. The van der Waals surface area contributed by atoms with Gasteiger partial charge in [0, 0.05) is 6.54 Å². The molecule has 9 atom stereocenters. The van der Waals surface area contributed by atoms with Crippen molar-refractivity contribution in [2.45, 2.75) is 49.0 Å². The van der Waals surface area contributed by atoms with E-state index in [9.17, 15) is 32.9 Å². The van der Waals surface area contributed by atoms with Crippen molar-refractivity contribution in [1.29, 1.82) is 0 Å². The van der Waals surface area contributed by atoms with E-state index in [1.807, 2.05) is 0 Å². The van der Waals surface area contributed by atoms with Crippen molar-refractivity contribution < 1.29 is 46.6 Å². The van der Waals surface area contributed by atoms with Crippen molar-refractivity contribution in [2.24, 2.45) is 0 Å². The molecule has 0 aromatic carbocycles. The van der Waals surface area contributed by atoms with Crippen molar-refractivity contribution in [3.8, 4) is 0 Å². The molecule has 25 heteroatoms. The molecule has 4 aromatic heterocycles. The SMILES string of the molecule is Nc1nc2c(ncn2[C@@H]2O[C@@H]3COP(=O)(O)OC4C(O)[C@H](n5cnc6c(N)ncnc65)O[C@@H]4CNS(=O)(=O)NC2C3O)c(=O)[nH]1. The van der Waals surface area contributed by atoms with E-state index in [1.54, 1.807) is 0 Å². The minimum Gasteiger partial charge on any atom is -0.388 e. The van der Waals surface area contributed by atoms with Crippen LogP contribution in [0.3, 0.4) is 0 Å². The Bertz CT molecular complexity index is 2000. The summed E-state index contributed by atoms with van der Waals surface area (Å²) < 4.78 is 68.7. The number of nitrogen functional groups attached to an aromatic ring is 2. The average molecular weight is 673 g/mol. The van der Waals surface area contributed by atoms with Crippen LogP contribution in [-0.4, -0.2) is 112 Å².